The molecule has 0 radical (unpaired) electrons. The molecule has 13 heavy (non-hydrogen) atoms. The van der Waals surface area contributed by atoms with Crippen LogP contribution in [0.1, 0.15) is 35.1 Å². The van der Waals surface area contributed by atoms with Gasteiger partial charge < -0.3 is 5.73 Å². The summed E-state index contributed by atoms with van der Waals surface area (Å²) >= 11 is 0. The Morgan fingerprint density at radius 3 is 2.38 bits per heavy atom. The molecular weight excluding hydrogens is 158 g/mol. The zero-order valence-electron chi connectivity index (χ0n) is 9.02. The van der Waals surface area contributed by atoms with Crippen molar-refractivity contribution in [1.82, 2.24) is 0 Å². The second-order valence-corrected chi connectivity index (χ2v) is 3.93. The van der Waals surface area contributed by atoms with Gasteiger partial charge in [0.15, 0.2) is 0 Å². The summed E-state index contributed by atoms with van der Waals surface area (Å²) in [4.78, 5) is 0. The molecule has 1 aromatic rings. The highest BCUT2D eigenvalue weighted by Gasteiger charge is 2.08. The Morgan fingerprint density at radius 1 is 1.23 bits per heavy atom. The highest BCUT2D eigenvalue weighted by atomic mass is 14.5. The molecule has 0 aliphatic rings. The summed E-state index contributed by atoms with van der Waals surface area (Å²) in [6, 6.07) is 4.47. The van der Waals surface area contributed by atoms with Crippen molar-refractivity contribution in [2.45, 2.75) is 33.6 Å². The Balaban J connectivity index is 3.20. The van der Waals surface area contributed by atoms with Crippen LogP contribution in [-0.2, 0) is 0 Å². The monoisotopic (exact) mass is 177 g/mol. The van der Waals surface area contributed by atoms with Gasteiger partial charge in [0.1, 0.15) is 0 Å². The number of benzene rings is 1. The van der Waals surface area contributed by atoms with Gasteiger partial charge in [-0.1, -0.05) is 24.6 Å². The number of aryl methyl sites for hydroxylation is 2. The Morgan fingerprint density at radius 2 is 1.85 bits per heavy atom. The van der Waals surface area contributed by atoms with Crippen LogP contribution in [0.25, 0.3) is 0 Å². The maximum Gasteiger partial charge on any atom is -0.00108 e. The molecular formula is C12H19N. The molecule has 0 spiro atoms. The van der Waals surface area contributed by atoms with Crippen molar-refractivity contribution >= 4 is 0 Å². The smallest absolute Gasteiger partial charge is 0.00108 e. The molecule has 1 unspecified atom stereocenters. The highest BCUT2D eigenvalue weighted by molar-refractivity contribution is 5.39. The Labute approximate surface area is 81.0 Å². The van der Waals surface area contributed by atoms with Crippen molar-refractivity contribution in [2.75, 3.05) is 6.54 Å². The zero-order chi connectivity index (χ0) is 10.0. The van der Waals surface area contributed by atoms with Gasteiger partial charge in [0.2, 0.25) is 0 Å². The molecule has 1 nitrogen and oxygen atoms in total. The van der Waals surface area contributed by atoms with Gasteiger partial charge in [0.25, 0.3) is 0 Å². The molecule has 0 saturated heterocycles. The third kappa shape index (κ3) is 2.10. The maximum atomic E-state index is 5.67. The fourth-order valence-corrected chi connectivity index (χ4v) is 1.71. The van der Waals surface area contributed by atoms with Gasteiger partial charge in [-0.15, -0.1) is 0 Å². The predicted molar refractivity (Wildman–Crippen MR) is 58.1 cm³/mol. The molecule has 0 amide bonds. The fraction of sp³-hybridized carbons (Fsp3) is 0.500. The van der Waals surface area contributed by atoms with Gasteiger partial charge in [-0.3, -0.25) is 0 Å². The van der Waals surface area contributed by atoms with Crippen molar-refractivity contribution < 1.29 is 0 Å². The molecule has 0 aromatic heterocycles. The first kappa shape index (κ1) is 10.3. The lowest BCUT2D eigenvalue weighted by molar-refractivity contribution is 0.765. The van der Waals surface area contributed by atoms with E-state index < -0.39 is 0 Å². The first-order valence-corrected chi connectivity index (χ1v) is 4.84. The van der Waals surface area contributed by atoms with Crippen LogP contribution in [-0.4, -0.2) is 6.54 Å². The van der Waals surface area contributed by atoms with E-state index in [1.165, 1.54) is 22.3 Å². The normalized spacial score (nSPS) is 13.0. The van der Waals surface area contributed by atoms with Gasteiger partial charge >= 0.3 is 0 Å². The van der Waals surface area contributed by atoms with Crippen LogP contribution < -0.4 is 5.73 Å². The first-order valence-electron chi connectivity index (χ1n) is 4.84. The zero-order valence-corrected chi connectivity index (χ0v) is 9.02. The largest absolute Gasteiger partial charge is 0.330 e. The van der Waals surface area contributed by atoms with Crippen molar-refractivity contribution in [3.05, 3.63) is 34.4 Å². The summed E-state index contributed by atoms with van der Waals surface area (Å²) in [5.74, 6) is 0.471. The third-order valence-electron chi connectivity index (χ3n) is 2.74. The van der Waals surface area contributed by atoms with Crippen LogP contribution in [0.3, 0.4) is 0 Å². The van der Waals surface area contributed by atoms with E-state index in [9.17, 15) is 0 Å². The molecule has 0 bridgehead atoms. The molecule has 1 atom stereocenters. The van der Waals surface area contributed by atoms with Gasteiger partial charge in [0, 0.05) is 0 Å². The number of hydrogen-bond acceptors (Lipinski definition) is 1. The molecule has 2 N–H and O–H groups in total. The van der Waals surface area contributed by atoms with E-state index in [-0.39, 0.29) is 0 Å². The van der Waals surface area contributed by atoms with Crippen LogP contribution in [0.4, 0.5) is 0 Å². The van der Waals surface area contributed by atoms with Gasteiger partial charge in [-0.25, -0.2) is 0 Å². The molecule has 0 heterocycles. The second-order valence-electron chi connectivity index (χ2n) is 3.93. The van der Waals surface area contributed by atoms with Crippen LogP contribution >= 0.6 is 0 Å². The van der Waals surface area contributed by atoms with E-state index >= 15 is 0 Å². The van der Waals surface area contributed by atoms with Crippen LogP contribution in [0.5, 0.6) is 0 Å². The van der Waals surface area contributed by atoms with Crippen molar-refractivity contribution in [3.8, 4) is 0 Å². The minimum absolute atomic E-state index is 0.471. The Bertz CT molecular complexity index is 302. The topological polar surface area (TPSA) is 26.0 Å². The number of nitrogens with two attached hydrogens (primary N) is 1. The predicted octanol–water partition coefficient (Wildman–Crippen LogP) is 2.67. The summed E-state index contributed by atoms with van der Waals surface area (Å²) in [7, 11) is 0. The second kappa shape index (κ2) is 3.93. The van der Waals surface area contributed by atoms with Crippen molar-refractivity contribution in [2.24, 2.45) is 5.73 Å². The van der Waals surface area contributed by atoms with Gasteiger partial charge in [0.05, 0.1) is 0 Å². The maximum absolute atomic E-state index is 5.67. The van der Waals surface area contributed by atoms with Crippen molar-refractivity contribution in [3.63, 3.8) is 0 Å². The lowest BCUT2D eigenvalue weighted by Crippen LogP contribution is -2.10. The van der Waals surface area contributed by atoms with Gasteiger partial charge in [-0.05, 0) is 49.9 Å². The first-order chi connectivity index (χ1) is 6.06. The fourth-order valence-electron chi connectivity index (χ4n) is 1.71. The lowest BCUT2D eigenvalue weighted by Gasteiger charge is -2.15. The summed E-state index contributed by atoms with van der Waals surface area (Å²) in [5, 5.41) is 0. The minimum atomic E-state index is 0.471. The van der Waals surface area contributed by atoms with E-state index in [4.69, 9.17) is 5.73 Å². The molecule has 0 saturated carbocycles. The summed E-state index contributed by atoms with van der Waals surface area (Å²) in [5.41, 5.74) is 11.2. The quantitative estimate of drug-likeness (QED) is 0.738. The summed E-state index contributed by atoms with van der Waals surface area (Å²) in [6.45, 7) is 9.38. The molecule has 0 aliphatic carbocycles. The molecule has 1 heteroatoms. The highest BCUT2D eigenvalue weighted by Crippen LogP contribution is 2.22. The average molecular weight is 177 g/mol. The Kier molecular flexibility index (Phi) is 3.10. The van der Waals surface area contributed by atoms with Gasteiger partial charge in [-0.2, -0.15) is 0 Å². The SMILES string of the molecule is Cc1cc(C)c(C)c(C(C)CN)c1. The number of hydrogen-bond donors (Lipinski definition) is 1. The summed E-state index contributed by atoms with van der Waals surface area (Å²) < 4.78 is 0. The lowest BCUT2D eigenvalue weighted by atomic mass is 9.92. The molecule has 0 aliphatic heterocycles. The van der Waals surface area contributed by atoms with Crippen LogP contribution in [0.15, 0.2) is 12.1 Å². The minimum Gasteiger partial charge on any atom is -0.330 e. The molecule has 1 rings (SSSR count). The Hall–Kier alpha value is -0.820. The third-order valence-corrected chi connectivity index (χ3v) is 2.74. The van der Waals surface area contributed by atoms with E-state index in [0.29, 0.717) is 5.92 Å². The molecule has 1 aromatic carbocycles. The van der Waals surface area contributed by atoms with E-state index in [1.807, 2.05) is 0 Å². The van der Waals surface area contributed by atoms with E-state index in [2.05, 4.69) is 39.8 Å². The standard InChI is InChI=1S/C12H19N/c1-8-5-9(2)11(4)12(6-8)10(3)7-13/h5-6,10H,7,13H2,1-4H3. The van der Waals surface area contributed by atoms with Crippen LogP contribution in [0, 0.1) is 20.8 Å². The number of rotatable bonds is 2. The summed E-state index contributed by atoms with van der Waals surface area (Å²) in [6.07, 6.45) is 0. The molecule has 72 valence electrons. The van der Waals surface area contributed by atoms with E-state index in [1.54, 1.807) is 0 Å². The van der Waals surface area contributed by atoms with E-state index in [0.717, 1.165) is 6.54 Å². The molecule has 0 fully saturated rings. The van der Waals surface area contributed by atoms with Crippen LogP contribution in [0.2, 0.25) is 0 Å². The van der Waals surface area contributed by atoms with Crippen molar-refractivity contribution in [1.29, 1.82) is 0 Å². The average Bonchev–Trinajstić information content (AvgIpc) is 2.10.